The minimum atomic E-state index is -3.15. The Morgan fingerprint density at radius 1 is 1.13 bits per heavy atom. The molecule has 2 amide bonds. The predicted molar refractivity (Wildman–Crippen MR) is 115 cm³/mol. The molecule has 4 rings (SSSR count). The molecule has 2 fully saturated rings. The fraction of sp³-hybridized carbons (Fsp3) is 0.550. The van der Waals surface area contributed by atoms with Crippen LogP contribution in [0.2, 0.25) is 0 Å². The molecule has 1 atom stereocenters. The van der Waals surface area contributed by atoms with Gasteiger partial charge in [-0.25, -0.2) is 13.4 Å². The Morgan fingerprint density at radius 3 is 2.57 bits per heavy atom. The Morgan fingerprint density at radius 2 is 1.87 bits per heavy atom. The van der Waals surface area contributed by atoms with E-state index >= 15 is 0 Å². The SMILES string of the molecule is CN1CCN(c2ccccc2NC(=O)C2=NN(C3CCS(=O)(=O)C3)C(=O)CC2)CC1. The van der Waals surface area contributed by atoms with Crippen LogP contribution in [0.1, 0.15) is 19.3 Å². The van der Waals surface area contributed by atoms with E-state index in [-0.39, 0.29) is 41.9 Å². The lowest BCUT2D eigenvalue weighted by atomic mass is 10.1. The number of anilines is 2. The number of benzene rings is 1. The number of hydrogen-bond donors (Lipinski definition) is 1. The van der Waals surface area contributed by atoms with E-state index in [0.29, 0.717) is 12.1 Å². The average Bonchev–Trinajstić information content (AvgIpc) is 3.09. The molecule has 162 valence electrons. The highest BCUT2D eigenvalue weighted by atomic mass is 32.2. The fourth-order valence-corrected chi connectivity index (χ4v) is 5.78. The first-order chi connectivity index (χ1) is 14.3. The zero-order chi connectivity index (χ0) is 21.3. The molecule has 1 unspecified atom stereocenters. The van der Waals surface area contributed by atoms with Crippen molar-refractivity contribution in [3.05, 3.63) is 24.3 Å². The van der Waals surface area contributed by atoms with Crippen LogP contribution in [0.15, 0.2) is 29.4 Å². The highest BCUT2D eigenvalue weighted by molar-refractivity contribution is 7.91. The van der Waals surface area contributed by atoms with Gasteiger partial charge in [0.05, 0.1) is 28.9 Å². The smallest absolute Gasteiger partial charge is 0.271 e. The van der Waals surface area contributed by atoms with Gasteiger partial charge in [-0.1, -0.05) is 12.1 Å². The molecule has 2 saturated heterocycles. The number of nitrogens with one attached hydrogen (secondary N) is 1. The van der Waals surface area contributed by atoms with Crippen molar-refractivity contribution in [2.45, 2.75) is 25.3 Å². The van der Waals surface area contributed by atoms with Gasteiger partial charge in [0.15, 0.2) is 9.84 Å². The van der Waals surface area contributed by atoms with Crippen molar-refractivity contribution >= 4 is 38.7 Å². The summed E-state index contributed by atoms with van der Waals surface area (Å²) in [4.78, 5) is 29.7. The first-order valence-corrected chi connectivity index (χ1v) is 12.1. The van der Waals surface area contributed by atoms with Gasteiger partial charge < -0.3 is 15.1 Å². The number of nitrogens with zero attached hydrogens (tertiary/aromatic N) is 4. The Kier molecular flexibility index (Phi) is 5.79. The van der Waals surface area contributed by atoms with E-state index in [2.05, 4.69) is 27.3 Å². The van der Waals surface area contributed by atoms with E-state index in [0.717, 1.165) is 31.9 Å². The third-order valence-electron chi connectivity index (χ3n) is 5.87. The number of hydrogen-bond acceptors (Lipinski definition) is 7. The maximum absolute atomic E-state index is 12.9. The quantitative estimate of drug-likeness (QED) is 0.744. The summed E-state index contributed by atoms with van der Waals surface area (Å²) in [5, 5.41) is 8.43. The Balaban J connectivity index is 1.50. The van der Waals surface area contributed by atoms with Gasteiger partial charge in [0.2, 0.25) is 5.91 Å². The van der Waals surface area contributed by atoms with E-state index in [4.69, 9.17) is 0 Å². The summed E-state index contributed by atoms with van der Waals surface area (Å²) in [6, 6.07) is 7.19. The van der Waals surface area contributed by atoms with Gasteiger partial charge in [0, 0.05) is 39.0 Å². The second-order valence-corrected chi connectivity index (χ2v) is 10.3. The van der Waals surface area contributed by atoms with Crippen LogP contribution in [0.5, 0.6) is 0 Å². The number of piperazine rings is 1. The zero-order valence-electron chi connectivity index (χ0n) is 17.1. The van der Waals surface area contributed by atoms with Gasteiger partial charge in [-0.2, -0.15) is 5.10 Å². The molecule has 10 heteroatoms. The van der Waals surface area contributed by atoms with Crippen molar-refractivity contribution in [3.8, 4) is 0 Å². The Bertz CT molecular complexity index is 969. The molecule has 3 aliphatic heterocycles. The van der Waals surface area contributed by atoms with Gasteiger partial charge in [0.25, 0.3) is 5.91 Å². The fourth-order valence-electron chi connectivity index (χ4n) is 4.09. The first-order valence-electron chi connectivity index (χ1n) is 10.3. The molecular weight excluding hydrogens is 406 g/mol. The summed E-state index contributed by atoms with van der Waals surface area (Å²) in [5.74, 6) is -0.623. The molecule has 0 spiro atoms. The molecule has 1 aromatic rings. The molecule has 0 radical (unpaired) electrons. The topological polar surface area (TPSA) is 102 Å². The van der Waals surface area contributed by atoms with Crippen molar-refractivity contribution in [2.75, 3.05) is 54.9 Å². The summed E-state index contributed by atoms with van der Waals surface area (Å²) in [5.41, 5.74) is 1.93. The van der Waals surface area contributed by atoms with Gasteiger partial charge in [-0.3, -0.25) is 9.59 Å². The van der Waals surface area contributed by atoms with E-state index in [9.17, 15) is 18.0 Å². The number of para-hydroxylation sites is 2. The molecule has 1 aromatic carbocycles. The lowest BCUT2D eigenvalue weighted by molar-refractivity contribution is -0.133. The largest absolute Gasteiger partial charge is 0.367 e. The predicted octanol–water partition coefficient (Wildman–Crippen LogP) is 0.542. The molecule has 9 nitrogen and oxygen atoms in total. The van der Waals surface area contributed by atoms with Crippen LogP contribution in [0.25, 0.3) is 0 Å². The Hall–Kier alpha value is -2.46. The summed E-state index contributed by atoms with van der Waals surface area (Å²) in [7, 11) is -1.06. The first kappa shape index (κ1) is 20.8. The van der Waals surface area contributed by atoms with E-state index < -0.39 is 15.9 Å². The Labute approximate surface area is 176 Å². The van der Waals surface area contributed by atoms with Crippen LogP contribution in [0, 0.1) is 0 Å². The molecule has 30 heavy (non-hydrogen) atoms. The van der Waals surface area contributed by atoms with E-state index in [1.165, 1.54) is 5.01 Å². The number of hydrazone groups is 1. The van der Waals surface area contributed by atoms with Gasteiger partial charge in [0.1, 0.15) is 5.71 Å². The number of carbonyl (C=O) groups excluding carboxylic acids is 2. The van der Waals surface area contributed by atoms with Crippen molar-refractivity contribution in [1.82, 2.24) is 9.91 Å². The molecule has 0 saturated carbocycles. The molecule has 3 heterocycles. The van der Waals surface area contributed by atoms with Crippen molar-refractivity contribution in [2.24, 2.45) is 5.10 Å². The van der Waals surface area contributed by atoms with Crippen LogP contribution in [0.4, 0.5) is 11.4 Å². The minimum absolute atomic E-state index is 0.0525. The van der Waals surface area contributed by atoms with Crippen LogP contribution in [-0.2, 0) is 19.4 Å². The van der Waals surface area contributed by atoms with Crippen LogP contribution in [0.3, 0.4) is 0 Å². The number of carbonyl (C=O) groups is 2. The number of sulfone groups is 1. The van der Waals surface area contributed by atoms with Crippen LogP contribution in [-0.4, -0.2) is 86.6 Å². The number of rotatable bonds is 4. The maximum Gasteiger partial charge on any atom is 0.271 e. The maximum atomic E-state index is 12.9. The molecule has 1 N–H and O–H groups in total. The highest BCUT2D eigenvalue weighted by Crippen LogP contribution is 2.27. The van der Waals surface area contributed by atoms with Crippen molar-refractivity contribution < 1.29 is 18.0 Å². The van der Waals surface area contributed by atoms with Crippen molar-refractivity contribution in [3.63, 3.8) is 0 Å². The van der Waals surface area contributed by atoms with Gasteiger partial charge >= 0.3 is 0 Å². The monoisotopic (exact) mass is 433 g/mol. The number of amides is 2. The summed E-state index contributed by atoms with van der Waals surface area (Å²) in [6.07, 6.45) is 0.763. The lowest BCUT2D eigenvalue weighted by Crippen LogP contribution is -2.45. The molecular formula is C20H27N5O4S. The second-order valence-electron chi connectivity index (χ2n) is 8.10. The van der Waals surface area contributed by atoms with Gasteiger partial charge in [-0.15, -0.1) is 0 Å². The van der Waals surface area contributed by atoms with Crippen LogP contribution >= 0.6 is 0 Å². The molecule has 0 bridgehead atoms. The summed E-state index contributed by atoms with van der Waals surface area (Å²) in [6.45, 7) is 3.66. The summed E-state index contributed by atoms with van der Waals surface area (Å²) >= 11 is 0. The highest BCUT2D eigenvalue weighted by Gasteiger charge is 2.37. The van der Waals surface area contributed by atoms with Crippen LogP contribution < -0.4 is 10.2 Å². The molecule has 3 aliphatic rings. The average molecular weight is 434 g/mol. The van der Waals surface area contributed by atoms with E-state index in [1.807, 2.05) is 24.3 Å². The summed E-state index contributed by atoms with van der Waals surface area (Å²) < 4.78 is 23.6. The lowest BCUT2D eigenvalue weighted by Gasteiger charge is -2.35. The molecule has 0 aliphatic carbocycles. The third kappa shape index (κ3) is 4.49. The molecule has 0 aromatic heterocycles. The van der Waals surface area contributed by atoms with Crippen molar-refractivity contribution in [1.29, 1.82) is 0 Å². The van der Waals surface area contributed by atoms with E-state index in [1.54, 1.807) is 0 Å². The minimum Gasteiger partial charge on any atom is -0.367 e. The second kappa shape index (κ2) is 8.35. The van der Waals surface area contributed by atoms with Gasteiger partial charge in [-0.05, 0) is 25.6 Å². The normalized spacial score (nSPS) is 24.6. The standard InChI is InChI=1S/C20H27N5O4S/c1-23-9-11-24(12-10-23)18-5-3-2-4-16(18)21-20(27)17-6-7-19(26)25(22-17)15-8-13-30(28,29)14-15/h2-5,15H,6-14H2,1H3,(H,21,27). The number of likely N-dealkylation sites (N-methyl/N-ethyl adjacent to an activating group) is 1. The third-order valence-corrected chi connectivity index (χ3v) is 7.62. The zero-order valence-corrected chi connectivity index (χ0v) is 17.9.